The van der Waals surface area contributed by atoms with Gasteiger partial charge in [0.2, 0.25) is 0 Å². The van der Waals surface area contributed by atoms with Gasteiger partial charge in [0.05, 0.1) is 0 Å². The minimum Gasteiger partial charge on any atom is -0.394 e. The van der Waals surface area contributed by atoms with Gasteiger partial charge in [0.1, 0.15) is 0 Å². The van der Waals surface area contributed by atoms with Crippen molar-refractivity contribution < 1.29 is 8.85 Å². The van der Waals surface area contributed by atoms with Gasteiger partial charge < -0.3 is 8.85 Å². The Morgan fingerprint density at radius 2 is 1.56 bits per heavy atom. The molecule has 0 radical (unpaired) electrons. The van der Waals surface area contributed by atoms with Crippen LogP contribution in [-0.2, 0) is 8.85 Å². The van der Waals surface area contributed by atoms with Gasteiger partial charge >= 0.3 is 8.56 Å². The minimum absolute atomic E-state index is 0.785. The van der Waals surface area contributed by atoms with Crippen LogP contribution in [0.4, 0.5) is 0 Å². The third-order valence-electron chi connectivity index (χ3n) is 4.36. The Labute approximate surface area is 101 Å². The largest absolute Gasteiger partial charge is 0.394 e. The van der Waals surface area contributed by atoms with Gasteiger partial charge in [-0.3, -0.25) is 0 Å². The molecule has 94 valence electrons. The molecule has 0 N–H and O–H groups in total. The summed E-state index contributed by atoms with van der Waals surface area (Å²) in [6.07, 6.45) is 6.81. The summed E-state index contributed by atoms with van der Waals surface area (Å²) in [5.74, 6) is 0.901. The van der Waals surface area contributed by atoms with Crippen molar-refractivity contribution in [3.63, 3.8) is 0 Å². The van der Waals surface area contributed by atoms with Gasteiger partial charge in [-0.05, 0) is 45.4 Å². The fourth-order valence-electron chi connectivity index (χ4n) is 3.34. The van der Waals surface area contributed by atoms with Crippen molar-refractivity contribution >= 4 is 8.56 Å². The second-order valence-corrected chi connectivity index (χ2v) is 9.14. The van der Waals surface area contributed by atoms with E-state index in [1.807, 2.05) is 0 Å². The summed E-state index contributed by atoms with van der Waals surface area (Å²) in [6.45, 7) is 8.29. The van der Waals surface area contributed by atoms with Crippen molar-refractivity contribution in [1.82, 2.24) is 0 Å². The van der Waals surface area contributed by atoms with E-state index in [-0.39, 0.29) is 0 Å². The lowest BCUT2D eigenvalue weighted by molar-refractivity contribution is 0.122. The molecule has 0 aromatic carbocycles. The molecule has 0 aliphatic heterocycles. The Morgan fingerprint density at radius 1 is 1.00 bits per heavy atom. The Kier molecular flexibility index (Phi) is 4.09. The van der Waals surface area contributed by atoms with Crippen molar-refractivity contribution in [2.75, 3.05) is 13.2 Å². The highest BCUT2D eigenvalue weighted by Gasteiger charge is 2.56. The van der Waals surface area contributed by atoms with Crippen molar-refractivity contribution in [1.29, 1.82) is 0 Å². The molecular formula is C13H26O2Si. The molecule has 2 aliphatic rings. The molecule has 0 aromatic rings. The van der Waals surface area contributed by atoms with E-state index in [2.05, 4.69) is 20.8 Å². The van der Waals surface area contributed by atoms with Crippen LogP contribution in [-0.4, -0.2) is 21.8 Å². The monoisotopic (exact) mass is 242 g/mol. The highest BCUT2D eigenvalue weighted by Crippen LogP contribution is 2.55. The molecule has 0 atom stereocenters. The van der Waals surface area contributed by atoms with E-state index >= 15 is 0 Å². The molecule has 2 aliphatic carbocycles. The highest BCUT2D eigenvalue weighted by atomic mass is 28.4. The SMILES string of the molecule is CCO[Si](OCC)(C1CCC1)C1CC(C)C1. The van der Waals surface area contributed by atoms with Crippen LogP contribution in [0.3, 0.4) is 0 Å². The summed E-state index contributed by atoms with van der Waals surface area (Å²) in [4.78, 5) is 0. The zero-order chi connectivity index (χ0) is 11.6. The summed E-state index contributed by atoms with van der Waals surface area (Å²) in [6, 6.07) is 0. The highest BCUT2D eigenvalue weighted by molar-refractivity contribution is 6.71. The molecule has 2 saturated carbocycles. The number of hydrogen-bond acceptors (Lipinski definition) is 2. The molecule has 0 spiro atoms. The van der Waals surface area contributed by atoms with Crippen LogP contribution in [0.15, 0.2) is 0 Å². The van der Waals surface area contributed by atoms with Crippen molar-refractivity contribution in [2.45, 2.75) is 64.0 Å². The minimum atomic E-state index is -1.87. The maximum atomic E-state index is 6.24. The summed E-state index contributed by atoms with van der Waals surface area (Å²) in [5, 5.41) is 0. The lowest BCUT2D eigenvalue weighted by Crippen LogP contribution is -2.56. The quantitative estimate of drug-likeness (QED) is 0.659. The topological polar surface area (TPSA) is 18.5 Å². The van der Waals surface area contributed by atoms with E-state index < -0.39 is 8.56 Å². The first kappa shape index (κ1) is 12.6. The first-order valence-corrected chi connectivity index (χ1v) is 8.98. The van der Waals surface area contributed by atoms with E-state index in [0.29, 0.717) is 0 Å². The molecule has 0 heterocycles. The zero-order valence-electron chi connectivity index (χ0n) is 11.0. The van der Waals surface area contributed by atoms with E-state index in [1.54, 1.807) is 0 Å². The lowest BCUT2D eigenvalue weighted by atomic mass is 9.86. The van der Waals surface area contributed by atoms with Crippen LogP contribution in [0.2, 0.25) is 11.1 Å². The molecule has 3 heteroatoms. The van der Waals surface area contributed by atoms with Gasteiger partial charge in [0.25, 0.3) is 0 Å². The van der Waals surface area contributed by atoms with Gasteiger partial charge in [-0.1, -0.05) is 13.3 Å². The van der Waals surface area contributed by atoms with Gasteiger partial charge in [0, 0.05) is 24.3 Å². The number of rotatable bonds is 6. The predicted octanol–water partition coefficient (Wildman–Crippen LogP) is 3.86. The lowest BCUT2D eigenvalue weighted by Gasteiger charge is -2.50. The van der Waals surface area contributed by atoms with Gasteiger partial charge in [0.15, 0.2) is 0 Å². The molecule has 0 aromatic heterocycles. The zero-order valence-corrected chi connectivity index (χ0v) is 12.0. The molecule has 0 bridgehead atoms. The van der Waals surface area contributed by atoms with Crippen LogP contribution in [0.5, 0.6) is 0 Å². The normalized spacial score (nSPS) is 30.9. The van der Waals surface area contributed by atoms with Gasteiger partial charge in [-0.2, -0.15) is 0 Å². The third kappa shape index (κ3) is 2.09. The molecule has 0 unspecified atom stereocenters. The Balaban J connectivity index is 2.07. The second kappa shape index (κ2) is 5.19. The van der Waals surface area contributed by atoms with Crippen LogP contribution >= 0.6 is 0 Å². The molecule has 2 rings (SSSR count). The Hall–Kier alpha value is 0.137. The van der Waals surface area contributed by atoms with Gasteiger partial charge in [-0.15, -0.1) is 0 Å². The maximum absolute atomic E-state index is 6.24. The van der Waals surface area contributed by atoms with Crippen molar-refractivity contribution in [2.24, 2.45) is 5.92 Å². The molecular weight excluding hydrogens is 216 g/mol. The van der Waals surface area contributed by atoms with Crippen LogP contribution in [0.25, 0.3) is 0 Å². The molecule has 16 heavy (non-hydrogen) atoms. The average Bonchev–Trinajstić information content (AvgIpc) is 2.10. The molecule has 0 saturated heterocycles. The van der Waals surface area contributed by atoms with E-state index in [4.69, 9.17) is 8.85 Å². The maximum Gasteiger partial charge on any atom is 0.344 e. The first-order chi connectivity index (χ1) is 7.73. The van der Waals surface area contributed by atoms with Gasteiger partial charge in [-0.25, -0.2) is 0 Å². The molecule has 0 amide bonds. The van der Waals surface area contributed by atoms with E-state index in [9.17, 15) is 0 Å². The van der Waals surface area contributed by atoms with Crippen molar-refractivity contribution in [3.05, 3.63) is 0 Å². The smallest absolute Gasteiger partial charge is 0.344 e. The molecule has 2 fully saturated rings. The summed E-state index contributed by atoms with van der Waals surface area (Å²) in [5.41, 5.74) is 1.58. The Bertz CT molecular complexity index is 216. The summed E-state index contributed by atoms with van der Waals surface area (Å²) >= 11 is 0. The Morgan fingerprint density at radius 3 is 1.88 bits per heavy atom. The van der Waals surface area contributed by atoms with Crippen molar-refractivity contribution in [3.8, 4) is 0 Å². The second-order valence-electron chi connectivity index (χ2n) is 5.49. The average molecular weight is 242 g/mol. The fourth-order valence-corrected chi connectivity index (χ4v) is 8.61. The van der Waals surface area contributed by atoms with Crippen LogP contribution in [0.1, 0.15) is 52.9 Å². The first-order valence-electron chi connectivity index (χ1n) is 7.00. The fraction of sp³-hybridized carbons (Fsp3) is 1.00. The van der Waals surface area contributed by atoms with E-state index in [0.717, 1.165) is 30.2 Å². The summed E-state index contributed by atoms with van der Waals surface area (Å²) < 4.78 is 12.5. The third-order valence-corrected chi connectivity index (χ3v) is 9.16. The van der Waals surface area contributed by atoms with Crippen LogP contribution < -0.4 is 0 Å². The number of hydrogen-bond donors (Lipinski definition) is 0. The molecule has 2 nitrogen and oxygen atoms in total. The van der Waals surface area contributed by atoms with E-state index in [1.165, 1.54) is 32.1 Å². The van der Waals surface area contributed by atoms with Crippen LogP contribution in [0, 0.1) is 5.92 Å². The standard InChI is InChI=1S/C13H26O2Si/c1-4-14-16(15-5-2,12-7-6-8-12)13-9-11(3)10-13/h11-13H,4-10H2,1-3H3. The summed E-state index contributed by atoms with van der Waals surface area (Å²) in [7, 11) is -1.87. The predicted molar refractivity (Wildman–Crippen MR) is 68.8 cm³/mol.